The standard InChI is InChI=1S/C10H12.C8H11N.2C8H8O.C8H10S.2C7H6O2.3C6H11N.2C5H9N/c1-8-6-7-9-4-2-3-5-10(8)9;4*1-2-4-8-7(3-1)5-6-9-8;2*1-2-4-7-6(3-1)8-5-9-7;1-2-7-4-6-3-5(1)6;2*1-2-6-4-7-3-5(1)6;1-4-2-6-3-5(1)4;1-2-6-5-3-4(1)5/h2-5,9-10H,1,6-7H2;1-4,7-9H,5-6H2;2*1-4H,5-6H2;1-4,7-8H,5-6H2;2*1-4H,5H2;3*5-7H,1-4H2;2*4-6H,1-3H2. The summed E-state index contributed by atoms with van der Waals surface area (Å²) in [6.45, 7) is 19.4. The van der Waals surface area contributed by atoms with Gasteiger partial charge in [-0.2, -0.15) is 11.8 Å². The molecule has 16 atom stereocenters. The van der Waals surface area contributed by atoms with E-state index in [1.165, 1.54) is 171 Å². The van der Waals surface area contributed by atoms with Crippen molar-refractivity contribution in [3.05, 3.63) is 193 Å². The molecule has 97 heavy (non-hydrogen) atoms. The molecule has 4 aromatic carbocycles. The summed E-state index contributed by atoms with van der Waals surface area (Å²) in [6.07, 6.45) is 47.5. The lowest BCUT2D eigenvalue weighted by Gasteiger charge is -2.28. The number of hydrogen-bond donors (Lipinski definition) is 6. The van der Waals surface area contributed by atoms with Crippen molar-refractivity contribution in [2.24, 2.45) is 76.9 Å². The minimum Gasteiger partial charge on any atom is -0.493 e. The van der Waals surface area contributed by atoms with Crippen LogP contribution in [0.2, 0.25) is 0 Å². The predicted octanol–water partition coefficient (Wildman–Crippen LogP) is 14.5. The zero-order chi connectivity index (χ0) is 65.6. The lowest BCUT2D eigenvalue weighted by atomic mass is 9.77. The Hall–Kier alpha value is -6.03. The monoisotopic (exact) mass is 1330 g/mol. The van der Waals surface area contributed by atoms with Gasteiger partial charge >= 0.3 is 0 Å². The Morgan fingerprint density at radius 2 is 0.814 bits per heavy atom. The molecule has 520 valence electrons. The largest absolute Gasteiger partial charge is 0.493 e. The van der Waals surface area contributed by atoms with Crippen LogP contribution in [0.15, 0.2) is 182 Å². The third kappa shape index (κ3) is 20.8. The summed E-state index contributed by atoms with van der Waals surface area (Å²) >= 11 is 2.09. The summed E-state index contributed by atoms with van der Waals surface area (Å²) < 4.78 is 30.9. The topological polar surface area (TPSA) is 128 Å². The second-order valence-corrected chi connectivity index (χ2v) is 30.8. The highest BCUT2D eigenvalue weighted by atomic mass is 32.2. The molecule has 24 rings (SSSR count). The molecule has 0 spiro atoms. The highest BCUT2D eigenvalue weighted by Gasteiger charge is 2.42. The zero-order valence-corrected chi connectivity index (χ0v) is 58.5. The van der Waals surface area contributed by atoms with Crippen molar-refractivity contribution >= 4 is 11.8 Å². The molecule has 9 aliphatic carbocycles. The van der Waals surface area contributed by atoms with Crippen LogP contribution in [-0.2, 0) is 12.8 Å². The molecular formula is C84H112N6O6S. The number of para-hydroxylation sites is 6. The molecule has 20 aliphatic rings. The van der Waals surface area contributed by atoms with Gasteiger partial charge in [0.15, 0.2) is 23.0 Å². The Labute approximate surface area is 585 Å². The van der Waals surface area contributed by atoms with Crippen molar-refractivity contribution in [3.8, 4) is 34.5 Å². The number of piperidine rings is 3. The molecule has 0 bridgehead atoms. The van der Waals surface area contributed by atoms with Crippen LogP contribution < -0.4 is 60.3 Å². The molecule has 7 saturated heterocycles. The van der Waals surface area contributed by atoms with Gasteiger partial charge in [-0.15, -0.1) is 0 Å². The molecular weight excluding hydrogens is 1220 g/mol. The maximum absolute atomic E-state index is 5.30. The lowest BCUT2D eigenvalue weighted by Crippen LogP contribution is -2.24. The fourth-order valence-electron chi connectivity index (χ4n) is 16.1. The minimum absolute atomic E-state index is 0.360. The van der Waals surface area contributed by atoms with Crippen LogP contribution in [0.25, 0.3) is 0 Å². The van der Waals surface area contributed by atoms with Gasteiger partial charge in [-0.25, -0.2) is 0 Å². The maximum atomic E-state index is 5.30. The van der Waals surface area contributed by atoms with Crippen molar-refractivity contribution in [3.63, 3.8) is 0 Å². The van der Waals surface area contributed by atoms with Crippen LogP contribution in [0.4, 0.5) is 0 Å². The van der Waals surface area contributed by atoms with Crippen LogP contribution in [0, 0.1) is 76.9 Å². The number of thioether (sulfide) groups is 1. The maximum Gasteiger partial charge on any atom is 0.231 e. The van der Waals surface area contributed by atoms with Gasteiger partial charge in [0.2, 0.25) is 13.6 Å². The number of fused-ring (bicyclic) bond motifs is 12. The lowest BCUT2D eigenvalue weighted by molar-refractivity contribution is 0.173. The number of hydrogen-bond acceptors (Lipinski definition) is 13. The van der Waals surface area contributed by atoms with Gasteiger partial charge in [0.25, 0.3) is 0 Å². The van der Waals surface area contributed by atoms with Gasteiger partial charge in [-0.1, -0.05) is 146 Å². The van der Waals surface area contributed by atoms with E-state index in [1.807, 2.05) is 84.9 Å². The van der Waals surface area contributed by atoms with E-state index in [-0.39, 0.29) is 0 Å². The van der Waals surface area contributed by atoms with Crippen molar-refractivity contribution < 1.29 is 28.4 Å². The first kappa shape index (κ1) is 69.4. The molecule has 6 saturated carbocycles. The van der Waals surface area contributed by atoms with Crippen molar-refractivity contribution in [2.75, 3.05) is 98.0 Å². The number of rotatable bonds is 0. The average Bonchev–Trinajstić information content (AvgIpc) is 1.71. The number of ether oxygens (including phenoxy) is 6. The zero-order valence-electron chi connectivity index (χ0n) is 57.7. The summed E-state index contributed by atoms with van der Waals surface area (Å²) in [5.41, 5.74) is 4.11. The quantitative estimate of drug-likeness (QED) is 0.0936. The van der Waals surface area contributed by atoms with Crippen molar-refractivity contribution in [1.29, 1.82) is 0 Å². The number of allylic oxidation sites excluding steroid dienone is 10. The highest BCUT2D eigenvalue weighted by molar-refractivity contribution is 8.00. The van der Waals surface area contributed by atoms with Gasteiger partial charge in [0.1, 0.15) is 11.5 Å². The van der Waals surface area contributed by atoms with E-state index < -0.39 is 0 Å². The first-order valence-electron chi connectivity index (χ1n) is 37.8. The van der Waals surface area contributed by atoms with E-state index in [1.54, 1.807) is 0 Å². The van der Waals surface area contributed by atoms with Crippen molar-refractivity contribution in [1.82, 2.24) is 31.9 Å². The summed E-state index contributed by atoms with van der Waals surface area (Å²) in [5, 5.41) is 21.1. The van der Waals surface area contributed by atoms with E-state index in [9.17, 15) is 0 Å². The van der Waals surface area contributed by atoms with E-state index in [0.717, 1.165) is 143 Å². The van der Waals surface area contributed by atoms with Gasteiger partial charge in [0.05, 0.1) is 13.2 Å². The average molecular weight is 1330 g/mol. The molecule has 13 fully saturated rings. The molecule has 12 nitrogen and oxygen atoms in total. The second-order valence-electron chi connectivity index (χ2n) is 29.6. The summed E-state index contributed by atoms with van der Waals surface area (Å²) in [7, 11) is 0. The van der Waals surface area contributed by atoms with Crippen LogP contribution in [0.5, 0.6) is 34.5 Å². The van der Waals surface area contributed by atoms with Crippen LogP contribution in [0.3, 0.4) is 0 Å². The molecule has 6 N–H and O–H groups in total. The normalized spacial score (nSPS) is 33.1. The number of nitrogens with one attached hydrogen (secondary N) is 6. The van der Waals surface area contributed by atoms with Gasteiger partial charge < -0.3 is 60.3 Å². The molecule has 0 amide bonds. The van der Waals surface area contributed by atoms with Crippen molar-refractivity contribution in [2.45, 2.75) is 114 Å². The van der Waals surface area contributed by atoms with Gasteiger partial charge in [0, 0.05) is 36.1 Å². The highest BCUT2D eigenvalue weighted by Crippen LogP contribution is 2.44. The fraction of sp³-hybridized carbons (Fsp3) is 0.548. The summed E-state index contributed by atoms with van der Waals surface area (Å²) in [5.74, 6) is 19.8. The molecule has 0 aromatic heterocycles. The molecule has 11 aliphatic heterocycles. The van der Waals surface area contributed by atoms with E-state index in [0.29, 0.717) is 25.5 Å². The smallest absolute Gasteiger partial charge is 0.231 e. The Balaban J connectivity index is 0.0000000957. The second kappa shape index (κ2) is 36.4. The molecule has 13 heteroatoms. The van der Waals surface area contributed by atoms with E-state index >= 15 is 0 Å². The summed E-state index contributed by atoms with van der Waals surface area (Å²) in [4.78, 5) is 0. The third-order valence-corrected chi connectivity index (χ3v) is 24.4. The Bertz CT molecular complexity index is 2840. The SMILES string of the molecule is C1=CC2CCNC2C=C1.C1=CC2CCSC2C=C1.C1CC2CC2CN1.C1CC2CC2N1.C1CC2CNCC12.C1CC2CNCC12.C1NCC2CC12.C=C1CCC2C=CC=CC12.c1ccc2c(c1)CCO2.c1ccc2c(c1)CCO2.c1ccc2c(c1)OCO2.c1ccc2c(c1)OCO2. The van der Waals surface area contributed by atoms with E-state index in [4.69, 9.17) is 28.4 Å². The molecule has 16 unspecified atom stereocenters. The van der Waals surface area contributed by atoms with Crippen LogP contribution in [-0.4, -0.2) is 115 Å². The van der Waals surface area contributed by atoms with Gasteiger partial charge in [-0.05, 0) is 273 Å². The Morgan fingerprint density at radius 1 is 0.351 bits per heavy atom. The predicted molar refractivity (Wildman–Crippen MR) is 397 cm³/mol. The van der Waals surface area contributed by atoms with Gasteiger partial charge in [-0.3, -0.25) is 0 Å². The molecule has 0 radical (unpaired) electrons. The van der Waals surface area contributed by atoms with Crippen LogP contribution >= 0.6 is 11.8 Å². The minimum atomic E-state index is 0.360. The number of benzene rings is 4. The summed E-state index contributed by atoms with van der Waals surface area (Å²) in [6, 6.07) is 33.2. The van der Waals surface area contributed by atoms with Crippen LogP contribution in [0.1, 0.15) is 94.6 Å². The Morgan fingerprint density at radius 3 is 1.25 bits per heavy atom. The first-order valence-corrected chi connectivity index (χ1v) is 38.8. The van der Waals surface area contributed by atoms with E-state index in [2.05, 4.69) is 135 Å². The first-order chi connectivity index (χ1) is 48.0. The fourth-order valence-corrected chi connectivity index (χ4v) is 17.4. The third-order valence-electron chi connectivity index (χ3n) is 23.0. The molecule has 11 heterocycles. The Kier molecular flexibility index (Phi) is 26.0. The molecule has 4 aromatic rings.